The summed E-state index contributed by atoms with van der Waals surface area (Å²) in [7, 11) is 3.52. The molecule has 0 bridgehead atoms. The number of hydrogen-bond acceptors (Lipinski definition) is 4. The van der Waals surface area contributed by atoms with E-state index in [4.69, 9.17) is 0 Å². The van der Waals surface area contributed by atoms with Crippen molar-refractivity contribution < 1.29 is 9.59 Å². The molecule has 7 nitrogen and oxygen atoms in total. The second kappa shape index (κ2) is 10.5. The largest absolute Gasteiger partial charge is 0.359 e. The Morgan fingerprint density at radius 2 is 1.94 bits per heavy atom. The van der Waals surface area contributed by atoms with Crippen LogP contribution in [0.25, 0.3) is 10.9 Å². The summed E-state index contributed by atoms with van der Waals surface area (Å²) >= 11 is 0. The number of carbonyl (C=O) groups excluding carboxylic acids is 2. The van der Waals surface area contributed by atoms with Gasteiger partial charge in [-0.3, -0.25) is 19.2 Å². The van der Waals surface area contributed by atoms with Gasteiger partial charge in [0.05, 0.1) is 5.52 Å². The standard InChI is InChI=1S/C25H37N5O2/c1-26-24(32)12-15-30(18-31)25-22-9-8-21(16-23(22)28(2)27-25)20-10-13-29(14-11-20)17-19-6-4-3-5-7-19/h8-9,16,18-20H,3-7,10-15,17H2,1-2H3,(H,26,32). The van der Waals surface area contributed by atoms with Gasteiger partial charge < -0.3 is 10.2 Å². The molecule has 1 aliphatic carbocycles. The first-order chi connectivity index (χ1) is 15.6. The first-order valence-corrected chi connectivity index (χ1v) is 12.2. The molecular formula is C25H37N5O2. The van der Waals surface area contributed by atoms with Crippen molar-refractivity contribution in [2.45, 2.75) is 57.3 Å². The number of fused-ring (bicyclic) bond motifs is 1. The van der Waals surface area contributed by atoms with Crippen molar-refractivity contribution in [2.75, 3.05) is 38.1 Å². The molecule has 0 atom stereocenters. The maximum atomic E-state index is 11.7. The maximum Gasteiger partial charge on any atom is 0.221 e. The number of piperidine rings is 1. The number of anilines is 1. The van der Waals surface area contributed by atoms with Gasteiger partial charge in [-0.1, -0.05) is 25.3 Å². The van der Waals surface area contributed by atoms with Crippen LogP contribution in [0.1, 0.15) is 62.8 Å². The number of rotatable bonds is 8. The van der Waals surface area contributed by atoms with Gasteiger partial charge in [0.15, 0.2) is 5.82 Å². The number of benzene rings is 1. The van der Waals surface area contributed by atoms with Crippen LogP contribution in [0.2, 0.25) is 0 Å². The second-order valence-electron chi connectivity index (χ2n) is 9.52. The zero-order chi connectivity index (χ0) is 22.5. The Kier molecular flexibility index (Phi) is 7.45. The molecule has 2 aliphatic rings. The van der Waals surface area contributed by atoms with E-state index in [0.717, 1.165) is 23.2 Å². The molecule has 174 valence electrons. The third kappa shape index (κ3) is 5.14. The number of nitrogens with one attached hydrogen (secondary N) is 1. The highest BCUT2D eigenvalue weighted by atomic mass is 16.2. The summed E-state index contributed by atoms with van der Waals surface area (Å²) < 4.78 is 1.85. The number of amides is 2. The highest BCUT2D eigenvalue weighted by molar-refractivity contribution is 5.96. The van der Waals surface area contributed by atoms with Gasteiger partial charge in [0.2, 0.25) is 12.3 Å². The van der Waals surface area contributed by atoms with Crippen LogP contribution < -0.4 is 10.2 Å². The molecule has 2 heterocycles. The van der Waals surface area contributed by atoms with E-state index in [1.807, 2.05) is 11.7 Å². The van der Waals surface area contributed by atoms with Crippen LogP contribution in [0.4, 0.5) is 5.82 Å². The Labute approximate surface area is 191 Å². The molecule has 7 heteroatoms. The molecule has 0 radical (unpaired) electrons. The van der Waals surface area contributed by atoms with Gasteiger partial charge in [0, 0.05) is 39.0 Å². The molecule has 1 saturated heterocycles. The summed E-state index contributed by atoms with van der Waals surface area (Å²) in [5.74, 6) is 2.02. The first-order valence-electron chi connectivity index (χ1n) is 12.2. The van der Waals surface area contributed by atoms with Crippen molar-refractivity contribution >= 4 is 29.0 Å². The minimum atomic E-state index is -0.0887. The molecule has 32 heavy (non-hydrogen) atoms. The molecule has 0 spiro atoms. The summed E-state index contributed by atoms with van der Waals surface area (Å²) in [6.07, 6.45) is 10.5. The SMILES string of the molecule is CNC(=O)CCN(C=O)c1nn(C)c2cc(C3CCN(CC4CCCCC4)CC3)ccc12. The average Bonchev–Trinajstić information content (AvgIpc) is 3.16. The lowest BCUT2D eigenvalue weighted by Gasteiger charge is -2.35. The van der Waals surface area contributed by atoms with Crippen molar-refractivity contribution in [1.82, 2.24) is 20.0 Å². The lowest BCUT2D eigenvalue weighted by molar-refractivity contribution is -0.120. The van der Waals surface area contributed by atoms with Gasteiger partial charge in [-0.05, 0) is 68.3 Å². The normalized spacial score (nSPS) is 18.7. The molecule has 4 rings (SSSR count). The lowest BCUT2D eigenvalue weighted by atomic mass is 9.86. The Balaban J connectivity index is 1.42. The number of carbonyl (C=O) groups is 2. The predicted octanol–water partition coefficient (Wildman–Crippen LogP) is 3.43. The van der Waals surface area contributed by atoms with Crippen LogP contribution in [0.5, 0.6) is 0 Å². The van der Waals surface area contributed by atoms with E-state index in [1.165, 1.54) is 75.0 Å². The summed E-state index contributed by atoms with van der Waals surface area (Å²) in [4.78, 5) is 27.5. The third-order valence-corrected chi connectivity index (χ3v) is 7.41. The first kappa shape index (κ1) is 22.8. The molecule has 1 N–H and O–H groups in total. The van der Waals surface area contributed by atoms with E-state index in [9.17, 15) is 9.59 Å². The van der Waals surface area contributed by atoms with E-state index in [-0.39, 0.29) is 12.3 Å². The van der Waals surface area contributed by atoms with Gasteiger partial charge in [-0.2, -0.15) is 5.10 Å². The van der Waals surface area contributed by atoms with Gasteiger partial charge in [-0.25, -0.2) is 0 Å². The zero-order valence-corrected chi connectivity index (χ0v) is 19.6. The highest BCUT2D eigenvalue weighted by Crippen LogP contribution is 2.34. The minimum absolute atomic E-state index is 0.0887. The zero-order valence-electron chi connectivity index (χ0n) is 19.6. The third-order valence-electron chi connectivity index (χ3n) is 7.41. The summed E-state index contributed by atoms with van der Waals surface area (Å²) in [5.41, 5.74) is 2.40. The van der Waals surface area contributed by atoms with Crippen molar-refractivity contribution in [3.8, 4) is 0 Å². The monoisotopic (exact) mass is 439 g/mol. The van der Waals surface area contributed by atoms with Gasteiger partial charge in [0.25, 0.3) is 0 Å². The van der Waals surface area contributed by atoms with Crippen LogP contribution in [-0.2, 0) is 16.6 Å². The fraction of sp³-hybridized carbons (Fsp3) is 0.640. The molecule has 2 amide bonds. The van der Waals surface area contributed by atoms with Gasteiger partial charge >= 0.3 is 0 Å². The van der Waals surface area contributed by atoms with E-state index in [1.54, 1.807) is 7.05 Å². The fourth-order valence-corrected chi connectivity index (χ4v) is 5.46. The van der Waals surface area contributed by atoms with Crippen LogP contribution in [0.15, 0.2) is 18.2 Å². The number of aryl methyl sites for hydroxylation is 1. The van der Waals surface area contributed by atoms with Crippen LogP contribution in [-0.4, -0.2) is 60.2 Å². The molecule has 0 unspecified atom stereocenters. The van der Waals surface area contributed by atoms with Crippen LogP contribution in [0, 0.1) is 5.92 Å². The quantitative estimate of drug-likeness (QED) is 0.640. The summed E-state index contributed by atoms with van der Waals surface area (Å²) in [6, 6.07) is 6.55. The van der Waals surface area contributed by atoms with E-state index in [2.05, 4.69) is 33.5 Å². The Bertz CT molecular complexity index is 926. The number of nitrogens with zero attached hydrogens (tertiary/aromatic N) is 4. The van der Waals surface area contributed by atoms with Crippen molar-refractivity contribution in [1.29, 1.82) is 0 Å². The van der Waals surface area contributed by atoms with Crippen LogP contribution >= 0.6 is 0 Å². The summed E-state index contributed by atoms with van der Waals surface area (Å²) in [6.45, 7) is 3.98. The van der Waals surface area contributed by atoms with Crippen molar-refractivity contribution in [3.05, 3.63) is 23.8 Å². The number of likely N-dealkylation sites (tertiary alicyclic amines) is 1. The Morgan fingerprint density at radius 1 is 1.19 bits per heavy atom. The minimum Gasteiger partial charge on any atom is -0.359 e. The maximum absolute atomic E-state index is 11.7. The van der Waals surface area contributed by atoms with Crippen LogP contribution in [0.3, 0.4) is 0 Å². The molecular weight excluding hydrogens is 402 g/mol. The van der Waals surface area contributed by atoms with Crippen molar-refractivity contribution in [2.24, 2.45) is 13.0 Å². The van der Waals surface area contributed by atoms with Crippen molar-refractivity contribution in [3.63, 3.8) is 0 Å². The molecule has 1 aromatic carbocycles. The Morgan fingerprint density at radius 3 is 2.62 bits per heavy atom. The second-order valence-corrected chi connectivity index (χ2v) is 9.52. The average molecular weight is 440 g/mol. The number of hydrogen-bond donors (Lipinski definition) is 1. The molecule has 1 saturated carbocycles. The number of aromatic nitrogens is 2. The fourth-order valence-electron chi connectivity index (χ4n) is 5.46. The van der Waals surface area contributed by atoms with E-state index >= 15 is 0 Å². The van der Waals surface area contributed by atoms with Gasteiger partial charge in [-0.15, -0.1) is 0 Å². The molecule has 2 aromatic rings. The van der Waals surface area contributed by atoms with Gasteiger partial charge in [0.1, 0.15) is 0 Å². The smallest absolute Gasteiger partial charge is 0.221 e. The molecule has 1 aromatic heterocycles. The Hall–Kier alpha value is -2.41. The summed E-state index contributed by atoms with van der Waals surface area (Å²) in [5, 5.41) is 8.15. The molecule has 2 fully saturated rings. The topological polar surface area (TPSA) is 70.5 Å². The lowest BCUT2D eigenvalue weighted by Crippen LogP contribution is -2.37. The van der Waals surface area contributed by atoms with E-state index < -0.39 is 0 Å². The highest BCUT2D eigenvalue weighted by Gasteiger charge is 2.25. The van der Waals surface area contributed by atoms with E-state index in [0.29, 0.717) is 18.3 Å². The predicted molar refractivity (Wildman–Crippen MR) is 128 cm³/mol. The molecule has 1 aliphatic heterocycles.